The molecule has 1 N–H and O–H groups in total. The summed E-state index contributed by atoms with van der Waals surface area (Å²) in [6.45, 7) is 14.6. The minimum Gasteiger partial charge on any atom is -0.355 e. The summed E-state index contributed by atoms with van der Waals surface area (Å²) >= 11 is 0. The monoisotopic (exact) mass is 762 g/mol. The van der Waals surface area contributed by atoms with E-state index in [1.807, 2.05) is 24.3 Å². The van der Waals surface area contributed by atoms with E-state index in [4.69, 9.17) is 9.97 Å². The molecule has 10 aromatic rings. The zero-order valence-corrected chi connectivity index (χ0v) is 34.4. The fraction of sp³-hybridized carbons (Fsp3) is 0.164. The average molecular weight is 763 g/mol. The molecule has 0 fully saturated rings. The Kier molecular flexibility index (Phi) is 7.56. The minimum atomic E-state index is -0.00363. The molecule has 59 heavy (non-hydrogen) atoms. The lowest BCUT2D eigenvalue weighted by Gasteiger charge is -2.44. The third kappa shape index (κ3) is 5.15. The number of nitrogens with zero attached hydrogens (tertiary/aromatic N) is 3. The lowest BCUT2D eigenvalue weighted by atomic mass is 9.59. The van der Waals surface area contributed by atoms with Crippen molar-refractivity contribution in [3.05, 3.63) is 175 Å². The van der Waals surface area contributed by atoms with Crippen LogP contribution in [0.2, 0.25) is 0 Å². The van der Waals surface area contributed by atoms with Crippen molar-refractivity contribution >= 4 is 43.6 Å². The van der Waals surface area contributed by atoms with Crippen LogP contribution in [0.15, 0.2) is 164 Å². The summed E-state index contributed by atoms with van der Waals surface area (Å²) in [6.07, 6.45) is 0. The van der Waals surface area contributed by atoms with Crippen LogP contribution < -0.4 is 0 Å². The van der Waals surface area contributed by atoms with Gasteiger partial charge in [-0.1, -0.05) is 151 Å². The molecule has 7 aromatic carbocycles. The van der Waals surface area contributed by atoms with E-state index in [-0.39, 0.29) is 16.2 Å². The Morgan fingerprint density at radius 2 is 1.05 bits per heavy atom. The van der Waals surface area contributed by atoms with Crippen LogP contribution in [0.3, 0.4) is 0 Å². The van der Waals surface area contributed by atoms with Crippen molar-refractivity contribution in [3.63, 3.8) is 0 Å². The number of benzene rings is 7. The van der Waals surface area contributed by atoms with Gasteiger partial charge in [0.15, 0.2) is 5.82 Å². The highest BCUT2D eigenvalue weighted by Gasteiger charge is 2.57. The summed E-state index contributed by atoms with van der Waals surface area (Å²) in [4.78, 5) is 14.0. The largest absolute Gasteiger partial charge is 0.355 e. The number of hydrogen-bond donors (Lipinski definition) is 1. The van der Waals surface area contributed by atoms with Gasteiger partial charge in [-0.05, 0) is 93.1 Å². The summed E-state index contributed by atoms with van der Waals surface area (Å²) in [6, 6.07) is 58.9. The quantitative estimate of drug-likeness (QED) is 0.190. The summed E-state index contributed by atoms with van der Waals surface area (Å²) in [5, 5.41) is 5.13. The van der Waals surface area contributed by atoms with Gasteiger partial charge in [-0.25, -0.2) is 9.97 Å². The second-order valence-electron chi connectivity index (χ2n) is 18.0. The number of aromatic nitrogens is 4. The molecule has 3 heterocycles. The standard InChI is InChI=1S/C55H46N4/c1-53(2)43-26-28-45-50(51(43)54(3,4)55(53,5)6)42-32-36(24-27-44(42)56-45)37-25-29-49-41(31-37)40-22-13-14-23-48(40)59(49)39-21-15-20-38(30-39)47-33-46(34-16-9-7-10-17-34)57-52(58-47)35-18-11-8-12-19-35/h7-33,56H,1-6H3. The van der Waals surface area contributed by atoms with Gasteiger partial charge in [0.2, 0.25) is 0 Å². The smallest absolute Gasteiger partial charge is 0.160 e. The normalized spacial score (nSPS) is 15.4. The van der Waals surface area contributed by atoms with Crippen molar-refractivity contribution in [2.24, 2.45) is 5.41 Å². The molecule has 11 rings (SSSR count). The molecule has 0 radical (unpaired) electrons. The van der Waals surface area contributed by atoms with Crippen molar-refractivity contribution < 1.29 is 0 Å². The lowest BCUT2D eigenvalue weighted by Crippen LogP contribution is -2.42. The molecule has 4 nitrogen and oxygen atoms in total. The van der Waals surface area contributed by atoms with Crippen LogP contribution in [0.1, 0.15) is 52.7 Å². The molecule has 3 aromatic heterocycles. The zero-order valence-electron chi connectivity index (χ0n) is 34.4. The molecule has 286 valence electrons. The lowest BCUT2D eigenvalue weighted by molar-refractivity contribution is 0.125. The number of fused-ring (bicyclic) bond motifs is 8. The van der Waals surface area contributed by atoms with Crippen LogP contribution in [0.4, 0.5) is 0 Å². The highest BCUT2D eigenvalue weighted by molar-refractivity contribution is 6.13. The molecule has 0 amide bonds. The van der Waals surface area contributed by atoms with Crippen molar-refractivity contribution in [2.75, 3.05) is 0 Å². The zero-order chi connectivity index (χ0) is 40.3. The van der Waals surface area contributed by atoms with Gasteiger partial charge in [-0.15, -0.1) is 0 Å². The molecule has 1 aliphatic carbocycles. The molecular formula is C55H46N4. The van der Waals surface area contributed by atoms with E-state index in [1.54, 1.807) is 0 Å². The number of H-pyrrole nitrogens is 1. The maximum atomic E-state index is 5.15. The number of nitrogens with one attached hydrogen (secondary N) is 1. The highest BCUT2D eigenvalue weighted by atomic mass is 15.0. The SMILES string of the molecule is CC1(C)c2ccc3[nH]c4ccc(-c5ccc6c(c5)c5ccccc5n6-c5cccc(-c6cc(-c7ccccc7)nc(-c7ccccc7)n6)c5)cc4c3c2C(C)(C)C1(C)C. The predicted octanol–water partition coefficient (Wildman–Crippen LogP) is 14.5. The van der Waals surface area contributed by atoms with Crippen LogP contribution in [0.25, 0.3) is 94.3 Å². The summed E-state index contributed by atoms with van der Waals surface area (Å²) in [5.74, 6) is 0.711. The third-order valence-corrected chi connectivity index (χ3v) is 14.4. The first-order valence-corrected chi connectivity index (χ1v) is 20.7. The second-order valence-corrected chi connectivity index (χ2v) is 18.0. The maximum Gasteiger partial charge on any atom is 0.160 e. The average Bonchev–Trinajstić information content (AvgIpc) is 3.84. The minimum absolute atomic E-state index is 0.00363. The van der Waals surface area contributed by atoms with E-state index >= 15 is 0 Å². The first-order chi connectivity index (χ1) is 28.5. The summed E-state index contributed by atoms with van der Waals surface area (Å²) < 4.78 is 2.40. The van der Waals surface area contributed by atoms with Crippen molar-refractivity contribution in [1.82, 2.24) is 19.5 Å². The number of rotatable bonds is 5. The molecule has 1 aliphatic rings. The number of aromatic amines is 1. The van der Waals surface area contributed by atoms with Gasteiger partial charge in [0.1, 0.15) is 0 Å². The molecule has 0 bridgehead atoms. The Labute approximate surface area is 345 Å². The van der Waals surface area contributed by atoms with Crippen LogP contribution in [-0.4, -0.2) is 19.5 Å². The fourth-order valence-electron chi connectivity index (χ4n) is 10.1. The molecule has 0 atom stereocenters. The van der Waals surface area contributed by atoms with E-state index in [0.29, 0.717) is 5.82 Å². The van der Waals surface area contributed by atoms with Gasteiger partial charge < -0.3 is 9.55 Å². The number of para-hydroxylation sites is 1. The van der Waals surface area contributed by atoms with Gasteiger partial charge in [0.25, 0.3) is 0 Å². The predicted molar refractivity (Wildman–Crippen MR) is 247 cm³/mol. The van der Waals surface area contributed by atoms with Gasteiger partial charge in [-0.2, -0.15) is 0 Å². The number of hydrogen-bond acceptors (Lipinski definition) is 2. The molecule has 0 aliphatic heterocycles. The Balaban J connectivity index is 1.05. The topological polar surface area (TPSA) is 46.5 Å². The van der Waals surface area contributed by atoms with Crippen LogP contribution in [-0.2, 0) is 10.8 Å². The molecule has 4 heteroatoms. The van der Waals surface area contributed by atoms with Gasteiger partial charge in [0, 0.05) is 55.0 Å². The highest BCUT2D eigenvalue weighted by Crippen LogP contribution is 2.63. The van der Waals surface area contributed by atoms with E-state index in [0.717, 1.165) is 33.8 Å². The van der Waals surface area contributed by atoms with E-state index in [2.05, 4.69) is 191 Å². The Bertz CT molecular complexity index is 3230. The van der Waals surface area contributed by atoms with Crippen LogP contribution in [0, 0.1) is 5.41 Å². The van der Waals surface area contributed by atoms with Crippen molar-refractivity contribution in [2.45, 2.75) is 52.4 Å². The molecule has 0 spiro atoms. The molecule has 0 unspecified atom stereocenters. The van der Waals surface area contributed by atoms with Gasteiger partial charge >= 0.3 is 0 Å². The van der Waals surface area contributed by atoms with Crippen molar-refractivity contribution in [3.8, 4) is 50.7 Å². The first-order valence-electron chi connectivity index (χ1n) is 20.7. The van der Waals surface area contributed by atoms with E-state index in [9.17, 15) is 0 Å². The van der Waals surface area contributed by atoms with Gasteiger partial charge in [0.05, 0.1) is 22.4 Å². The molecule has 0 saturated heterocycles. The Morgan fingerprint density at radius 1 is 0.441 bits per heavy atom. The fourth-order valence-corrected chi connectivity index (χ4v) is 10.1. The van der Waals surface area contributed by atoms with Crippen LogP contribution in [0.5, 0.6) is 0 Å². The molecule has 0 saturated carbocycles. The first kappa shape index (κ1) is 35.4. The van der Waals surface area contributed by atoms with E-state index < -0.39 is 0 Å². The summed E-state index contributed by atoms with van der Waals surface area (Å²) in [5.41, 5.74) is 16.2. The summed E-state index contributed by atoms with van der Waals surface area (Å²) in [7, 11) is 0. The van der Waals surface area contributed by atoms with Crippen LogP contribution >= 0.6 is 0 Å². The van der Waals surface area contributed by atoms with E-state index in [1.165, 1.54) is 65.9 Å². The molecular weight excluding hydrogens is 717 g/mol. The second kappa shape index (κ2) is 12.6. The Morgan fingerprint density at radius 3 is 1.81 bits per heavy atom. The van der Waals surface area contributed by atoms with Crippen molar-refractivity contribution in [1.29, 1.82) is 0 Å². The Hall–Kier alpha value is -6.78. The van der Waals surface area contributed by atoms with Gasteiger partial charge in [-0.3, -0.25) is 0 Å². The maximum absolute atomic E-state index is 5.15. The third-order valence-electron chi connectivity index (χ3n) is 14.4.